The topological polar surface area (TPSA) is 0 Å². The molecule has 0 rings (SSSR count). The summed E-state index contributed by atoms with van der Waals surface area (Å²) in [4.78, 5) is 0. The van der Waals surface area contributed by atoms with E-state index in [1.54, 1.807) is 6.08 Å². The van der Waals surface area contributed by atoms with E-state index in [0.29, 0.717) is 5.88 Å². The molecule has 1 heteroatoms. The highest BCUT2D eigenvalue weighted by Crippen LogP contribution is 1.93. The van der Waals surface area contributed by atoms with Gasteiger partial charge in [0.15, 0.2) is 0 Å². The smallest absolute Gasteiger partial charge is 0.0401 e. The molecule has 0 nitrogen and oxygen atoms in total. The van der Waals surface area contributed by atoms with Crippen LogP contribution < -0.4 is 0 Å². The standard InChI is InChI=1S/C7H14.C3H5Cl/c1-4-5-6-7(2)3;1-2-3-4/h5-7H,4H2,1-3H3;2H,1,3H2/b6-5+;. The Kier molecular flexibility index (Phi) is 15.1. The van der Waals surface area contributed by atoms with E-state index in [-0.39, 0.29) is 0 Å². The Hall–Kier alpha value is -0.230. The van der Waals surface area contributed by atoms with Gasteiger partial charge in [0.25, 0.3) is 0 Å². The lowest BCUT2D eigenvalue weighted by Gasteiger charge is -1.88. The van der Waals surface area contributed by atoms with Gasteiger partial charge in [0, 0.05) is 5.88 Å². The van der Waals surface area contributed by atoms with Crippen molar-refractivity contribution >= 4 is 11.6 Å². The SMILES string of the molecule is C=CCCl.CC/C=C/C(C)C. The summed E-state index contributed by atoms with van der Waals surface area (Å²) in [5, 5.41) is 0. The van der Waals surface area contributed by atoms with Crippen LogP contribution in [0.5, 0.6) is 0 Å². The molecule has 0 bridgehead atoms. The summed E-state index contributed by atoms with van der Waals surface area (Å²) >= 11 is 5.07. The van der Waals surface area contributed by atoms with Gasteiger partial charge >= 0.3 is 0 Å². The Bertz CT molecular complexity index is 93.0. The van der Waals surface area contributed by atoms with Crippen LogP contribution >= 0.6 is 11.6 Å². The number of halogens is 1. The quantitative estimate of drug-likeness (QED) is 0.448. The van der Waals surface area contributed by atoms with Crippen molar-refractivity contribution in [3.05, 3.63) is 24.8 Å². The maximum atomic E-state index is 5.07. The summed E-state index contributed by atoms with van der Waals surface area (Å²) in [5.74, 6) is 1.28. The average molecular weight is 175 g/mol. The fourth-order valence-electron chi connectivity index (χ4n) is 0.408. The zero-order valence-corrected chi connectivity index (χ0v) is 8.56. The normalized spacial score (nSPS) is 9.55. The minimum absolute atomic E-state index is 0.556. The predicted molar refractivity (Wildman–Crippen MR) is 55.2 cm³/mol. The summed E-state index contributed by atoms with van der Waals surface area (Å²) in [6.45, 7) is 9.87. The zero-order valence-electron chi connectivity index (χ0n) is 7.81. The van der Waals surface area contributed by atoms with E-state index in [9.17, 15) is 0 Å². The van der Waals surface area contributed by atoms with Crippen LogP contribution in [0.3, 0.4) is 0 Å². The largest absolute Gasteiger partial charge is 0.122 e. The molecule has 0 spiro atoms. The molecule has 0 aromatic rings. The number of alkyl halides is 1. The number of hydrogen-bond donors (Lipinski definition) is 0. The molecule has 66 valence electrons. The van der Waals surface area contributed by atoms with Crippen LogP contribution in [0, 0.1) is 5.92 Å². The van der Waals surface area contributed by atoms with E-state index in [0.717, 1.165) is 12.3 Å². The fraction of sp³-hybridized carbons (Fsp3) is 0.600. The second kappa shape index (κ2) is 12.4. The van der Waals surface area contributed by atoms with Crippen LogP contribution in [0.4, 0.5) is 0 Å². The predicted octanol–water partition coefficient (Wildman–Crippen LogP) is 4.02. The summed E-state index contributed by atoms with van der Waals surface area (Å²) < 4.78 is 0. The lowest BCUT2D eigenvalue weighted by atomic mass is 10.2. The maximum absolute atomic E-state index is 5.07. The van der Waals surface area contributed by atoms with E-state index in [4.69, 9.17) is 11.6 Å². The third-order valence-electron chi connectivity index (χ3n) is 0.866. The second-order valence-corrected chi connectivity index (χ2v) is 2.83. The minimum Gasteiger partial charge on any atom is -0.122 e. The van der Waals surface area contributed by atoms with Crippen molar-refractivity contribution in [2.45, 2.75) is 27.2 Å². The molecule has 0 aliphatic rings. The maximum Gasteiger partial charge on any atom is 0.0401 e. The zero-order chi connectivity index (χ0) is 9.11. The fourth-order valence-corrected chi connectivity index (χ4v) is 0.408. The van der Waals surface area contributed by atoms with Crippen LogP contribution in [0.25, 0.3) is 0 Å². The highest BCUT2D eigenvalue weighted by Gasteiger charge is 1.78. The molecule has 0 saturated heterocycles. The molecule has 11 heavy (non-hydrogen) atoms. The average Bonchev–Trinajstić information content (AvgIpc) is 2.01. The van der Waals surface area contributed by atoms with Crippen molar-refractivity contribution in [2.24, 2.45) is 5.92 Å². The van der Waals surface area contributed by atoms with Crippen LogP contribution in [-0.4, -0.2) is 5.88 Å². The molecule has 0 aromatic heterocycles. The highest BCUT2D eigenvalue weighted by atomic mass is 35.5. The van der Waals surface area contributed by atoms with Crippen molar-refractivity contribution in [1.29, 1.82) is 0 Å². The van der Waals surface area contributed by atoms with Crippen molar-refractivity contribution in [2.75, 3.05) is 5.88 Å². The van der Waals surface area contributed by atoms with Crippen LogP contribution in [-0.2, 0) is 0 Å². The van der Waals surface area contributed by atoms with E-state index in [1.165, 1.54) is 0 Å². The van der Waals surface area contributed by atoms with E-state index in [2.05, 4.69) is 39.5 Å². The number of hydrogen-bond acceptors (Lipinski definition) is 0. The minimum atomic E-state index is 0.556. The first kappa shape index (κ1) is 13.4. The summed E-state index contributed by atoms with van der Waals surface area (Å²) in [7, 11) is 0. The molecule has 0 fully saturated rings. The van der Waals surface area contributed by atoms with Crippen LogP contribution in [0.2, 0.25) is 0 Å². The second-order valence-electron chi connectivity index (χ2n) is 2.52. The van der Waals surface area contributed by atoms with Gasteiger partial charge in [-0.1, -0.05) is 39.0 Å². The lowest BCUT2D eigenvalue weighted by molar-refractivity contribution is 0.826. The first-order valence-electron chi connectivity index (χ1n) is 4.02. The van der Waals surface area contributed by atoms with E-state index < -0.39 is 0 Å². The summed E-state index contributed by atoms with van der Waals surface area (Å²) in [6, 6.07) is 0. The van der Waals surface area contributed by atoms with Gasteiger partial charge in [0.1, 0.15) is 0 Å². The van der Waals surface area contributed by atoms with Gasteiger partial charge < -0.3 is 0 Å². The molecule has 0 heterocycles. The summed E-state index contributed by atoms with van der Waals surface area (Å²) in [6.07, 6.45) is 7.23. The monoisotopic (exact) mass is 174 g/mol. The molecular weight excluding hydrogens is 156 g/mol. The number of allylic oxidation sites excluding steroid dienone is 3. The Balaban J connectivity index is 0. The lowest BCUT2D eigenvalue weighted by Crippen LogP contribution is -1.74. The van der Waals surface area contributed by atoms with Gasteiger partial charge in [0.2, 0.25) is 0 Å². The van der Waals surface area contributed by atoms with Gasteiger partial charge in [0.05, 0.1) is 0 Å². The first-order valence-corrected chi connectivity index (χ1v) is 4.56. The number of rotatable bonds is 3. The summed E-state index contributed by atoms with van der Waals surface area (Å²) in [5.41, 5.74) is 0. The van der Waals surface area contributed by atoms with Gasteiger partial charge in [-0.15, -0.1) is 18.2 Å². The van der Waals surface area contributed by atoms with Crippen molar-refractivity contribution in [3.8, 4) is 0 Å². The molecule has 0 N–H and O–H groups in total. The Morgan fingerprint density at radius 1 is 1.45 bits per heavy atom. The van der Waals surface area contributed by atoms with Gasteiger partial charge in [-0.2, -0.15) is 0 Å². The van der Waals surface area contributed by atoms with Gasteiger partial charge in [-0.05, 0) is 12.3 Å². The molecule has 0 aromatic carbocycles. The van der Waals surface area contributed by atoms with Crippen molar-refractivity contribution in [3.63, 3.8) is 0 Å². The highest BCUT2D eigenvalue weighted by molar-refractivity contribution is 6.18. The van der Waals surface area contributed by atoms with E-state index >= 15 is 0 Å². The van der Waals surface area contributed by atoms with E-state index in [1.807, 2.05) is 0 Å². The first-order chi connectivity index (χ1) is 5.18. The third-order valence-corrected chi connectivity index (χ3v) is 1.08. The molecule has 0 unspecified atom stereocenters. The Morgan fingerprint density at radius 2 is 1.91 bits per heavy atom. The Labute approximate surface area is 76.0 Å². The van der Waals surface area contributed by atoms with Crippen LogP contribution in [0.15, 0.2) is 24.8 Å². The van der Waals surface area contributed by atoms with Crippen molar-refractivity contribution in [1.82, 2.24) is 0 Å². The molecule has 0 amide bonds. The molecule has 0 saturated carbocycles. The molecule has 0 atom stereocenters. The third kappa shape index (κ3) is 25.9. The van der Waals surface area contributed by atoms with Crippen LogP contribution in [0.1, 0.15) is 27.2 Å². The Morgan fingerprint density at radius 3 is 2.00 bits per heavy atom. The molecular formula is C10H19Cl. The molecule has 0 aliphatic carbocycles. The molecule has 0 radical (unpaired) electrons. The van der Waals surface area contributed by atoms with Gasteiger partial charge in [-0.25, -0.2) is 0 Å². The van der Waals surface area contributed by atoms with Crippen molar-refractivity contribution < 1.29 is 0 Å². The van der Waals surface area contributed by atoms with Gasteiger partial charge in [-0.3, -0.25) is 0 Å². The molecule has 0 aliphatic heterocycles.